The number of hydrogen-bond donors (Lipinski definition) is 3. The molecular formula is C15H22O6. The van der Waals surface area contributed by atoms with Gasteiger partial charge in [-0.25, -0.2) is 0 Å². The number of carbonyl (C=O) groups excluding carboxylic acids is 2. The number of Topliss-reactive ketones (excluding diaryl/α,β-unsaturated/α-hetero) is 1. The topological polar surface area (TPSA) is 104 Å². The minimum Gasteiger partial charge on any atom is -0.465 e. The lowest BCUT2D eigenvalue weighted by molar-refractivity contribution is -0.238. The third-order valence-corrected chi connectivity index (χ3v) is 6.69. The molecule has 3 N–H and O–H groups in total. The standard InChI is InChI=1S/C15H22O6/c1-7-9(16)4-14-5-10(17)21-6-13(7,3)15(14,20)12(19)11(18)8(14)2/h7-8,11-12,18-20H,4-6H2,1-3H3/t7-,8-,11+,12+,13-,14-,15+/m1/s1. The van der Waals surface area contributed by atoms with Crippen LogP contribution < -0.4 is 0 Å². The minimum absolute atomic E-state index is 0.0232. The largest absolute Gasteiger partial charge is 0.465 e. The smallest absolute Gasteiger partial charge is 0.306 e. The molecule has 2 aliphatic carbocycles. The van der Waals surface area contributed by atoms with Crippen molar-refractivity contribution in [2.24, 2.45) is 22.7 Å². The SMILES string of the molecule is C[C@@H]1[C@H](O)[C@H](O)[C@@]2(O)[C@]13CC(=O)OC[C@]2(C)[C@H](C)C(=O)C3. The van der Waals surface area contributed by atoms with E-state index in [1.165, 1.54) is 0 Å². The Kier molecular flexibility index (Phi) is 2.89. The number of hydrogen-bond acceptors (Lipinski definition) is 6. The Morgan fingerprint density at radius 2 is 1.81 bits per heavy atom. The highest BCUT2D eigenvalue weighted by Gasteiger charge is 2.78. The van der Waals surface area contributed by atoms with E-state index in [1.54, 1.807) is 20.8 Å². The quantitative estimate of drug-likeness (QED) is 0.528. The van der Waals surface area contributed by atoms with Gasteiger partial charge in [0.1, 0.15) is 24.1 Å². The van der Waals surface area contributed by atoms with Gasteiger partial charge in [0.05, 0.1) is 12.5 Å². The zero-order chi connectivity index (χ0) is 15.8. The summed E-state index contributed by atoms with van der Waals surface area (Å²) in [6.07, 6.45) is -2.75. The van der Waals surface area contributed by atoms with Gasteiger partial charge in [-0.2, -0.15) is 0 Å². The van der Waals surface area contributed by atoms with Crippen LogP contribution in [0.15, 0.2) is 0 Å². The molecule has 6 heteroatoms. The molecule has 7 atom stereocenters. The Balaban J connectivity index is 2.30. The number of aliphatic hydroxyl groups is 3. The first-order valence-corrected chi connectivity index (χ1v) is 7.38. The molecule has 0 unspecified atom stereocenters. The van der Waals surface area contributed by atoms with Crippen molar-refractivity contribution in [2.75, 3.05) is 6.61 Å². The van der Waals surface area contributed by atoms with Crippen LogP contribution in [0.1, 0.15) is 33.6 Å². The number of ether oxygens (including phenoxy) is 1. The van der Waals surface area contributed by atoms with Gasteiger partial charge in [-0.05, 0) is 5.92 Å². The van der Waals surface area contributed by atoms with Gasteiger partial charge in [0.15, 0.2) is 0 Å². The summed E-state index contributed by atoms with van der Waals surface area (Å²) < 4.78 is 5.22. The van der Waals surface area contributed by atoms with Crippen molar-refractivity contribution in [2.45, 2.75) is 51.4 Å². The summed E-state index contributed by atoms with van der Waals surface area (Å²) in [5, 5.41) is 32.3. The molecule has 6 nitrogen and oxygen atoms in total. The number of carbonyl (C=O) groups is 2. The van der Waals surface area contributed by atoms with E-state index < -0.39 is 46.4 Å². The van der Waals surface area contributed by atoms with E-state index in [4.69, 9.17) is 4.74 Å². The van der Waals surface area contributed by atoms with E-state index in [0.29, 0.717) is 0 Å². The van der Waals surface area contributed by atoms with Crippen molar-refractivity contribution in [3.8, 4) is 0 Å². The summed E-state index contributed by atoms with van der Waals surface area (Å²) in [4.78, 5) is 24.5. The van der Waals surface area contributed by atoms with Crippen molar-refractivity contribution in [1.29, 1.82) is 0 Å². The highest BCUT2D eigenvalue weighted by molar-refractivity contribution is 5.86. The van der Waals surface area contributed by atoms with E-state index in [1.807, 2.05) is 0 Å². The Hall–Kier alpha value is -0.980. The molecule has 1 aliphatic heterocycles. The fraction of sp³-hybridized carbons (Fsp3) is 0.867. The summed E-state index contributed by atoms with van der Waals surface area (Å²) in [5.74, 6) is -1.69. The van der Waals surface area contributed by atoms with Crippen LogP contribution in [-0.4, -0.2) is 51.5 Å². The summed E-state index contributed by atoms with van der Waals surface area (Å²) in [5.41, 5.74) is -4.00. The highest BCUT2D eigenvalue weighted by atomic mass is 16.5. The first-order chi connectivity index (χ1) is 9.62. The molecule has 3 fully saturated rings. The summed E-state index contributed by atoms with van der Waals surface area (Å²) >= 11 is 0. The monoisotopic (exact) mass is 298 g/mol. The van der Waals surface area contributed by atoms with Crippen LogP contribution in [0, 0.1) is 22.7 Å². The third-order valence-electron chi connectivity index (χ3n) is 6.69. The van der Waals surface area contributed by atoms with E-state index in [0.717, 1.165) is 0 Å². The Bertz CT molecular complexity index is 518. The Morgan fingerprint density at radius 1 is 1.19 bits per heavy atom. The minimum atomic E-state index is -1.72. The van der Waals surface area contributed by atoms with E-state index in [-0.39, 0.29) is 25.2 Å². The lowest BCUT2D eigenvalue weighted by Crippen LogP contribution is -2.69. The molecule has 0 aromatic heterocycles. The molecule has 0 spiro atoms. The summed E-state index contributed by atoms with van der Waals surface area (Å²) in [7, 11) is 0. The van der Waals surface area contributed by atoms with Crippen molar-refractivity contribution < 1.29 is 29.6 Å². The molecule has 1 saturated heterocycles. The molecule has 0 aromatic carbocycles. The first-order valence-electron chi connectivity index (χ1n) is 7.38. The molecule has 1 heterocycles. The lowest BCUT2D eigenvalue weighted by Gasteiger charge is -2.57. The molecule has 3 rings (SSSR count). The molecular weight excluding hydrogens is 276 g/mol. The van der Waals surface area contributed by atoms with Gasteiger partial charge in [-0.1, -0.05) is 20.8 Å². The molecule has 0 amide bonds. The number of rotatable bonds is 0. The van der Waals surface area contributed by atoms with Crippen LogP contribution in [0.3, 0.4) is 0 Å². The van der Waals surface area contributed by atoms with Gasteiger partial charge >= 0.3 is 5.97 Å². The second kappa shape index (κ2) is 4.06. The predicted molar refractivity (Wildman–Crippen MR) is 71.0 cm³/mol. The fourth-order valence-electron chi connectivity index (χ4n) is 4.97. The molecule has 2 saturated carbocycles. The maximum Gasteiger partial charge on any atom is 0.306 e. The predicted octanol–water partition coefficient (Wildman–Crippen LogP) is -0.363. The van der Waals surface area contributed by atoms with Crippen LogP contribution in [0.4, 0.5) is 0 Å². The highest BCUT2D eigenvalue weighted by Crippen LogP contribution is 2.67. The fourth-order valence-corrected chi connectivity index (χ4v) is 4.97. The lowest BCUT2D eigenvalue weighted by atomic mass is 9.47. The van der Waals surface area contributed by atoms with Crippen molar-refractivity contribution >= 4 is 11.8 Å². The van der Waals surface area contributed by atoms with Gasteiger partial charge < -0.3 is 20.1 Å². The zero-order valence-electron chi connectivity index (χ0n) is 12.5. The number of cyclic esters (lactones) is 1. The van der Waals surface area contributed by atoms with Gasteiger partial charge in [0.2, 0.25) is 0 Å². The average molecular weight is 298 g/mol. The first kappa shape index (κ1) is 14.9. The molecule has 118 valence electrons. The van der Waals surface area contributed by atoms with Crippen LogP contribution in [-0.2, 0) is 14.3 Å². The van der Waals surface area contributed by atoms with Crippen molar-refractivity contribution in [3.05, 3.63) is 0 Å². The van der Waals surface area contributed by atoms with Crippen LogP contribution in [0.5, 0.6) is 0 Å². The Labute approximate surface area is 123 Å². The van der Waals surface area contributed by atoms with Crippen molar-refractivity contribution in [1.82, 2.24) is 0 Å². The normalized spacial score (nSPS) is 56.7. The maximum absolute atomic E-state index is 12.5. The second-order valence-corrected chi connectivity index (χ2v) is 7.27. The number of aliphatic hydroxyl groups excluding tert-OH is 2. The van der Waals surface area contributed by atoms with Crippen molar-refractivity contribution in [3.63, 3.8) is 0 Å². The van der Waals surface area contributed by atoms with Crippen LogP contribution in [0.2, 0.25) is 0 Å². The van der Waals surface area contributed by atoms with E-state index in [9.17, 15) is 24.9 Å². The van der Waals surface area contributed by atoms with Gasteiger partial charge in [-0.3, -0.25) is 9.59 Å². The molecule has 0 radical (unpaired) electrons. The number of ketones is 1. The molecule has 21 heavy (non-hydrogen) atoms. The van der Waals surface area contributed by atoms with Gasteiger partial charge in [0.25, 0.3) is 0 Å². The van der Waals surface area contributed by atoms with Crippen LogP contribution in [0.25, 0.3) is 0 Å². The Morgan fingerprint density at radius 3 is 2.43 bits per heavy atom. The van der Waals surface area contributed by atoms with Gasteiger partial charge in [-0.15, -0.1) is 0 Å². The zero-order valence-corrected chi connectivity index (χ0v) is 12.5. The average Bonchev–Trinajstić information content (AvgIpc) is 2.54. The maximum atomic E-state index is 12.5. The van der Waals surface area contributed by atoms with E-state index in [2.05, 4.69) is 0 Å². The van der Waals surface area contributed by atoms with E-state index >= 15 is 0 Å². The number of esters is 1. The second-order valence-electron chi connectivity index (χ2n) is 7.27. The molecule has 2 bridgehead atoms. The summed E-state index contributed by atoms with van der Waals surface area (Å²) in [6, 6.07) is 0. The molecule has 0 aromatic rings. The summed E-state index contributed by atoms with van der Waals surface area (Å²) in [6.45, 7) is 4.89. The van der Waals surface area contributed by atoms with Gasteiger partial charge in [0, 0.05) is 23.2 Å². The molecule has 3 aliphatic rings. The van der Waals surface area contributed by atoms with Crippen LogP contribution >= 0.6 is 0 Å². The third kappa shape index (κ3) is 1.39.